The molecule has 2 aromatic rings. The number of nitrogens with one attached hydrogen (secondary N) is 1. The van der Waals surface area contributed by atoms with Gasteiger partial charge in [-0.1, -0.05) is 36.2 Å². The number of likely N-dealkylation sites (tertiary alicyclic amines) is 1. The van der Waals surface area contributed by atoms with Crippen molar-refractivity contribution in [3.8, 4) is 11.3 Å². The number of rotatable bonds is 5. The second kappa shape index (κ2) is 9.61. The van der Waals surface area contributed by atoms with Crippen molar-refractivity contribution in [1.29, 1.82) is 0 Å². The van der Waals surface area contributed by atoms with Gasteiger partial charge >= 0.3 is 0 Å². The first-order valence-corrected chi connectivity index (χ1v) is 11.4. The van der Waals surface area contributed by atoms with E-state index in [0.29, 0.717) is 22.1 Å². The van der Waals surface area contributed by atoms with Crippen LogP contribution in [-0.4, -0.2) is 59.9 Å². The molecule has 156 valence electrons. The standard InChI is InChI=1S/C22H29Cl2N5/c1-2-28-11-3-4-18(15-28)25-17-9-12-29(13-10-17)22-8-7-21(26-27-22)16-5-6-19(23)20(24)14-16/h5-8,14,17-18,25H,2-4,9-13,15H2,1H3. The van der Waals surface area contributed by atoms with Crippen LogP contribution in [0.3, 0.4) is 0 Å². The monoisotopic (exact) mass is 433 g/mol. The van der Waals surface area contributed by atoms with Crippen LogP contribution in [0.1, 0.15) is 32.6 Å². The molecule has 0 amide bonds. The van der Waals surface area contributed by atoms with Crippen molar-refractivity contribution in [3.05, 3.63) is 40.4 Å². The van der Waals surface area contributed by atoms with Crippen LogP contribution >= 0.6 is 23.2 Å². The molecule has 5 nitrogen and oxygen atoms in total. The van der Waals surface area contributed by atoms with E-state index < -0.39 is 0 Å². The fourth-order valence-electron chi connectivity index (χ4n) is 4.39. The van der Waals surface area contributed by atoms with Crippen LogP contribution in [0.4, 0.5) is 5.82 Å². The van der Waals surface area contributed by atoms with E-state index in [1.807, 2.05) is 18.2 Å². The molecule has 0 bridgehead atoms. The van der Waals surface area contributed by atoms with E-state index in [1.165, 1.54) is 25.9 Å². The van der Waals surface area contributed by atoms with Gasteiger partial charge in [-0.3, -0.25) is 0 Å². The van der Waals surface area contributed by atoms with Crippen molar-refractivity contribution in [3.63, 3.8) is 0 Å². The molecule has 1 aromatic heterocycles. The molecule has 0 radical (unpaired) electrons. The highest BCUT2D eigenvalue weighted by atomic mass is 35.5. The molecule has 0 aliphatic carbocycles. The van der Waals surface area contributed by atoms with Gasteiger partial charge in [-0.05, 0) is 63.0 Å². The lowest BCUT2D eigenvalue weighted by molar-refractivity contribution is 0.185. The molecule has 2 aliphatic heterocycles. The molecule has 2 aliphatic rings. The maximum absolute atomic E-state index is 6.12. The van der Waals surface area contributed by atoms with Crippen molar-refractivity contribution in [2.45, 2.75) is 44.7 Å². The molecule has 1 N–H and O–H groups in total. The number of likely N-dealkylation sites (N-methyl/N-ethyl adjacent to an activating group) is 1. The van der Waals surface area contributed by atoms with Gasteiger partial charge in [-0.2, -0.15) is 0 Å². The van der Waals surface area contributed by atoms with E-state index in [1.54, 1.807) is 6.07 Å². The summed E-state index contributed by atoms with van der Waals surface area (Å²) in [5.41, 5.74) is 1.73. The Balaban J connectivity index is 1.31. The maximum atomic E-state index is 6.12. The van der Waals surface area contributed by atoms with Gasteiger partial charge in [0.05, 0.1) is 15.7 Å². The first-order valence-electron chi connectivity index (χ1n) is 10.6. The minimum Gasteiger partial charge on any atom is -0.355 e. The van der Waals surface area contributed by atoms with Crippen LogP contribution in [0.25, 0.3) is 11.3 Å². The van der Waals surface area contributed by atoms with Crippen LogP contribution in [0, 0.1) is 0 Å². The summed E-state index contributed by atoms with van der Waals surface area (Å²) in [6.07, 6.45) is 4.92. The van der Waals surface area contributed by atoms with Crippen molar-refractivity contribution < 1.29 is 0 Å². The van der Waals surface area contributed by atoms with E-state index in [4.69, 9.17) is 23.2 Å². The molecule has 0 spiro atoms. The predicted octanol–water partition coefficient (Wildman–Crippen LogP) is 4.49. The fraction of sp³-hybridized carbons (Fsp3) is 0.545. The lowest BCUT2D eigenvalue weighted by atomic mass is 10.00. The van der Waals surface area contributed by atoms with E-state index in [0.717, 1.165) is 49.6 Å². The van der Waals surface area contributed by atoms with E-state index >= 15 is 0 Å². The summed E-state index contributed by atoms with van der Waals surface area (Å²) in [6, 6.07) is 10.8. The predicted molar refractivity (Wildman–Crippen MR) is 121 cm³/mol. The number of piperidine rings is 2. The molecule has 1 unspecified atom stereocenters. The van der Waals surface area contributed by atoms with Gasteiger partial charge in [0.2, 0.25) is 0 Å². The van der Waals surface area contributed by atoms with Crippen molar-refractivity contribution in [2.24, 2.45) is 0 Å². The SMILES string of the molecule is CCN1CCCC(NC2CCN(c3ccc(-c4ccc(Cl)c(Cl)c4)nn3)CC2)C1. The topological polar surface area (TPSA) is 44.3 Å². The highest BCUT2D eigenvalue weighted by Gasteiger charge is 2.25. The zero-order chi connectivity index (χ0) is 20.2. The van der Waals surface area contributed by atoms with E-state index in [-0.39, 0.29) is 0 Å². The molecule has 2 saturated heterocycles. The van der Waals surface area contributed by atoms with Crippen LogP contribution < -0.4 is 10.2 Å². The Labute approximate surface area is 183 Å². The second-order valence-corrected chi connectivity index (χ2v) is 8.88. The summed E-state index contributed by atoms with van der Waals surface area (Å²) in [5, 5.41) is 13.9. The summed E-state index contributed by atoms with van der Waals surface area (Å²) in [7, 11) is 0. The summed E-state index contributed by atoms with van der Waals surface area (Å²) < 4.78 is 0. The van der Waals surface area contributed by atoms with Crippen molar-refractivity contribution in [2.75, 3.05) is 37.6 Å². The summed E-state index contributed by atoms with van der Waals surface area (Å²) in [6.45, 7) is 7.90. The van der Waals surface area contributed by atoms with Gasteiger partial charge in [0.25, 0.3) is 0 Å². The van der Waals surface area contributed by atoms with Gasteiger partial charge in [0.15, 0.2) is 5.82 Å². The van der Waals surface area contributed by atoms with Gasteiger partial charge in [-0.25, -0.2) is 0 Å². The van der Waals surface area contributed by atoms with Crippen LogP contribution in [0.15, 0.2) is 30.3 Å². The molecule has 1 aromatic carbocycles. The smallest absolute Gasteiger partial charge is 0.151 e. The second-order valence-electron chi connectivity index (χ2n) is 8.07. The third kappa shape index (κ3) is 5.21. The molecule has 0 saturated carbocycles. The highest BCUT2D eigenvalue weighted by Crippen LogP contribution is 2.28. The van der Waals surface area contributed by atoms with E-state index in [2.05, 4.69) is 38.3 Å². The minimum atomic E-state index is 0.532. The van der Waals surface area contributed by atoms with Crippen LogP contribution in [-0.2, 0) is 0 Å². The average molecular weight is 434 g/mol. The molecule has 1 atom stereocenters. The summed E-state index contributed by atoms with van der Waals surface area (Å²) in [5.74, 6) is 0.946. The van der Waals surface area contributed by atoms with E-state index in [9.17, 15) is 0 Å². The number of nitrogens with zero attached hydrogens (tertiary/aromatic N) is 4. The number of anilines is 1. The first-order chi connectivity index (χ1) is 14.1. The Kier molecular flexibility index (Phi) is 6.91. The minimum absolute atomic E-state index is 0.532. The molecule has 7 heteroatoms. The largest absolute Gasteiger partial charge is 0.355 e. The average Bonchev–Trinajstić information content (AvgIpc) is 2.76. The zero-order valence-electron chi connectivity index (χ0n) is 17.0. The highest BCUT2D eigenvalue weighted by molar-refractivity contribution is 6.42. The zero-order valence-corrected chi connectivity index (χ0v) is 18.5. The number of aromatic nitrogens is 2. The number of halogens is 2. The van der Waals surface area contributed by atoms with Gasteiger partial charge in [-0.15, -0.1) is 10.2 Å². The normalized spacial score (nSPS) is 21.5. The molecule has 2 fully saturated rings. The molecular weight excluding hydrogens is 405 g/mol. The first kappa shape index (κ1) is 20.9. The van der Waals surface area contributed by atoms with Crippen LogP contribution in [0.2, 0.25) is 10.0 Å². The third-order valence-electron chi connectivity index (χ3n) is 6.11. The van der Waals surface area contributed by atoms with Gasteiger partial charge in [0, 0.05) is 37.3 Å². The van der Waals surface area contributed by atoms with Crippen molar-refractivity contribution in [1.82, 2.24) is 20.4 Å². The Morgan fingerprint density at radius 1 is 0.966 bits per heavy atom. The Morgan fingerprint density at radius 2 is 1.79 bits per heavy atom. The Morgan fingerprint density at radius 3 is 2.48 bits per heavy atom. The number of hydrogen-bond donors (Lipinski definition) is 1. The number of hydrogen-bond acceptors (Lipinski definition) is 5. The molecular formula is C22H29Cl2N5. The summed E-state index contributed by atoms with van der Waals surface area (Å²) >= 11 is 12.1. The quantitative estimate of drug-likeness (QED) is 0.751. The lowest BCUT2D eigenvalue weighted by Crippen LogP contribution is -2.52. The fourth-order valence-corrected chi connectivity index (χ4v) is 4.69. The number of benzene rings is 1. The molecule has 29 heavy (non-hydrogen) atoms. The van der Waals surface area contributed by atoms with Crippen molar-refractivity contribution >= 4 is 29.0 Å². The Bertz CT molecular complexity index is 805. The Hall–Kier alpha value is -1.40. The molecule has 4 rings (SSSR count). The third-order valence-corrected chi connectivity index (χ3v) is 6.85. The van der Waals surface area contributed by atoms with Crippen LogP contribution in [0.5, 0.6) is 0 Å². The lowest BCUT2D eigenvalue weighted by Gasteiger charge is -2.38. The molecule has 3 heterocycles. The maximum Gasteiger partial charge on any atom is 0.151 e. The van der Waals surface area contributed by atoms with Gasteiger partial charge < -0.3 is 15.1 Å². The summed E-state index contributed by atoms with van der Waals surface area (Å²) in [4.78, 5) is 4.89. The van der Waals surface area contributed by atoms with Gasteiger partial charge in [0.1, 0.15) is 0 Å².